The molecule has 0 aliphatic heterocycles. The van der Waals surface area contributed by atoms with Gasteiger partial charge in [-0.25, -0.2) is 9.37 Å². The number of aromatic nitrogens is 4. The second-order valence-electron chi connectivity index (χ2n) is 7.05. The molecule has 29 heavy (non-hydrogen) atoms. The van der Waals surface area contributed by atoms with E-state index in [2.05, 4.69) is 25.5 Å². The summed E-state index contributed by atoms with van der Waals surface area (Å²) in [5.74, 6) is -0.868. The van der Waals surface area contributed by atoms with Crippen LogP contribution in [0.15, 0.2) is 42.7 Å². The van der Waals surface area contributed by atoms with Gasteiger partial charge >= 0.3 is 0 Å². The highest BCUT2D eigenvalue weighted by Gasteiger charge is 2.41. The van der Waals surface area contributed by atoms with Gasteiger partial charge in [-0.15, -0.1) is 10.2 Å². The van der Waals surface area contributed by atoms with Crippen LogP contribution < -0.4 is 11.1 Å². The largest absolute Gasteiger partial charge is 0.366 e. The SMILES string of the molecule is NC(=O)c1ccc(F)c(-c2cnc(NCC3(c4ncccc4Cl)CCC3)nn2)c1. The first-order valence-corrected chi connectivity index (χ1v) is 9.51. The van der Waals surface area contributed by atoms with Crippen LogP contribution in [-0.4, -0.2) is 32.6 Å². The Morgan fingerprint density at radius 2 is 2.07 bits per heavy atom. The van der Waals surface area contributed by atoms with Crippen molar-refractivity contribution in [3.05, 3.63) is 64.8 Å². The maximum atomic E-state index is 14.1. The predicted molar refractivity (Wildman–Crippen MR) is 107 cm³/mol. The van der Waals surface area contributed by atoms with E-state index in [1.807, 2.05) is 12.1 Å². The fourth-order valence-electron chi connectivity index (χ4n) is 3.48. The van der Waals surface area contributed by atoms with Crippen LogP contribution in [-0.2, 0) is 5.41 Å². The Balaban J connectivity index is 1.51. The maximum Gasteiger partial charge on any atom is 0.248 e. The zero-order valence-electron chi connectivity index (χ0n) is 15.4. The van der Waals surface area contributed by atoms with E-state index in [0.29, 0.717) is 17.5 Å². The molecular formula is C20H18ClFN6O. The molecule has 1 aliphatic carbocycles. The lowest BCUT2D eigenvalue weighted by atomic mass is 9.66. The summed E-state index contributed by atoms with van der Waals surface area (Å²) in [4.78, 5) is 20.0. The van der Waals surface area contributed by atoms with Gasteiger partial charge < -0.3 is 11.1 Å². The fraction of sp³-hybridized carbons (Fsp3) is 0.250. The Kier molecular flexibility index (Phi) is 5.10. The summed E-state index contributed by atoms with van der Waals surface area (Å²) >= 11 is 6.34. The first-order valence-electron chi connectivity index (χ1n) is 9.13. The summed E-state index contributed by atoms with van der Waals surface area (Å²) in [6.45, 7) is 0.566. The first-order chi connectivity index (χ1) is 14.0. The topological polar surface area (TPSA) is 107 Å². The number of halogens is 2. The Hall–Kier alpha value is -3.13. The van der Waals surface area contributed by atoms with Crippen LogP contribution in [0.2, 0.25) is 5.02 Å². The zero-order valence-corrected chi connectivity index (χ0v) is 16.2. The molecule has 4 rings (SSSR count). The number of benzene rings is 1. The minimum atomic E-state index is -0.649. The molecule has 0 spiro atoms. The Morgan fingerprint density at radius 1 is 1.24 bits per heavy atom. The predicted octanol–water partition coefficient (Wildman–Crippen LogP) is 3.36. The van der Waals surface area contributed by atoms with Crippen molar-refractivity contribution in [2.75, 3.05) is 11.9 Å². The van der Waals surface area contributed by atoms with E-state index in [4.69, 9.17) is 17.3 Å². The number of nitrogens with two attached hydrogens (primary N) is 1. The van der Waals surface area contributed by atoms with E-state index < -0.39 is 11.7 Å². The van der Waals surface area contributed by atoms with Gasteiger partial charge in [0.2, 0.25) is 11.9 Å². The van der Waals surface area contributed by atoms with E-state index in [-0.39, 0.29) is 22.2 Å². The van der Waals surface area contributed by atoms with Gasteiger partial charge in [0.1, 0.15) is 11.5 Å². The number of primary amides is 1. The van der Waals surface area contributed by atoms with Crippen LogP contribution in [0.5, 0.6) is 0 Å². The van der Waals surface area contributed by atoms with Crippen molar-refractivity contribution in [1.29, 1.82) is 0 Å². The zero-order chi connectivity index (χ0) is 20.4. The molecule has 0 radical (unpaired) electrons. The van der Waals surface area contributed by atoms with Gasteiger partial charge in [-0.1, -0.05) is 18.0 Å². The molecule has 1 aromatic carbocycles. The van der Waals surface area contributed by atoms with E-state index in [1.54, 1.807) is 6.20 Å². The van der Waals surface area contributed by atoms with Crippen molar-refractivity contribution in [2.24, 2.45) is 5.73 Å². The summed E-state index contributed by atoms with van der Waals surface area (Å²) in [6.07, 6.45) is 6.17. The second-order valence-corrected chi connectivity index (χ2v) is 7.45. The van der Waals surface area contributed by atoms with Crippen molar-refractivity contribution < 1.29 is 9.18 Å². The highest BCUT2D eigenvalue weighted by molar-refractivity contribution is 6.31. The molecule has 1 aliphatic rings. The molecule has 1 saturated carbocycles. The third-order valence-electron chi connectivity index (χ3n) is 5.24. The van der Waals surface area contributed by atoms with Crippen LogP contribution in [0, 0.1) is 5.82 Å². The number of rotatable bonds is 6. The van der Waals surface area contributed by atoms with Crippen LogP contribution in [0.1, 0.15) is 35.3 Å². The Morgan fingerprint density at radius 3 is 2.69 bits per heavy atom. The lowest BCUT2D eigenvalue weighted by molar-refractivity contribution is 0.100. The Labute approximate surface area is 171 Å². The fourth-order valence-corrected chi connectivity index (χ4v) is 3.80. The molecule has 2 aromatic heterocycles. The van der Waals surface area contributed by atoms with E-state index >= 15 is 0 Å². The maximum absolute atomic E-state index is 14.1. The molecular weight excluding hydrogens is 395 g/mol. The van der Waals surface area contributed by atoms with Gasteiger partial charge in [-0.05, 0) is 43.2 Å². The highest BCUT2D eigenvalue weighted by atomic mass is 35.5. The minimum absolute atomic E-state index is 0.114. The molecule has 0 unspecified atom stereocenters. The van der Waals surface area contributed by atoms with Gasteiger partial charge in [-0.3, -0.25) is 9.78 Å². The number of pyridine rings is 1. The smallest absolute Gasteiger partial charge is 0.248 e. The van der Waals surface area contributed by atoms with Gasteiger partial charge in [0.15, 0.2) is 0 Å². The van der Waals surface area contributed by atoms with Gasteiger partial charge in [-0.2, -0.15) is 0 Å². The number of anilines is 1. The molecule has 0 saturated heterocycles. The van der Waals surface area contributed by atoms with Gasteiger partial charge in [0.05, 0.1) is 16.9 Å². The van der Waals surface area contributed by atoms with Crippen molar-refractivity contribution in [3.63, 3.8) is 0 Å². The summed E-state index contributed by atoms with van der Waals surface area (Å²) in [6, 6.07) is 7.47. The van der Waals surface area contributed by atoms with Crippen molar-refractivity contribution in [1.82, 2.24) is 20.2 Å². The average molecular weight is 413 g/mol. The minimum Gasteiger partial charge on any atom is -0.366 e. The monoisotopic (exact) mass is 412 g/mol. The van der Waals surface area contributed by atoms with Crippen LogP contribution in [0.25, 0.3) is 11.3 Å². The molecule has 2 heterocycles. The lowest BCUT2D eigenvalue weighted by Crippen LogP contribution is -2.42. The van der Waals surface area contributed by atoms with Crippen LogP contribution >= 0.6 is 11.6 Å². The van der Waals surface area contributed by atoms with E-state index in [1.165, 1.54) is 24.4 Å². The van der Waals surface area contributed by atoms with Crippen LogP contribution in [0.4, 0.5) is 10.3 Å². The standard InChI is InChI=1S/C20H18ClFN6O/c21-14-3-1-8-24-17(14)20(6-2-7-20)11-26-19-25-10-16(27-28-19)13-9-12(18(23)29)4-5-15(13)22/h1,3-5,8-10H,2,6-7,11H2,(H2,23,29)(H,25,26,28). The van der Waals surface area contributed by atoms with Crippen molar-refractivity contribution >= 4 is 23.5 Å². The molecule has 3 N–H and O–H groups in total. The summed E-state index contributed by atoms with van der Waals surface area (Å²) in [7, 11) is 0. The average Bonchev–Trinajstić information content (AvgIpc) is 2.69. The molecule has 7 nitrogen and oxygen atoms in total. The number of nitrogens with one attached hydrogen (secondary N) is 1. The van der Waals surface area contributed by atoms with E-state index in [0.717, 1.165) is 25.0 Å². The number of hydrogen-bond acceptors (Lipinski definition) is 6. The number of amides is 1. The number of carbonyl (C=O) groups is 1. The molecule has 9 heteroatoms. The molecule has 0 bridgehead atoms. The number of carbonyl (C=O) groups excluding carboxylic acids is 1. The molecule has 1 amide bonds. The van der Waals surface area contributed by atoms with E-state index in [9.17, 15) is 9.18 Å². The summed E-state index contributed by atoms with van der Waals surface area (Å²) < 4.78 is 14.1. The van der Waals surface area contributed by atoms with Crippen LogP contribution in [0.3, 0.4) is 0 Å². The van der Waals surface area contributed by atoms with Gasteiger partial charge in [0.25, 0.3) is 0 Å². The quantitative estimate of drug-likeness (QED) is 0.642. The molecule has 0 atom stereocenters. The number of hydrogen-bond donors (Lipinski definition) is 2. The Bertz CT molecular complexity index is 1060. The summed E-state index contributed by atoms with van der Waals surface area (Å²) in [5, 5.41) is 11.9. The molecule has 1 fully saturated rings. The number of nitrogens with zero attached hydrogens (tertiary/aromatic N) is 4. The third kappa shape index (κ3) is 3.75. The second kappa shape index (κ2) is 7.71. The molecule has 148 valence electrons. The normalized spacial score (nSPS) is 14.8. The van der Waals surface area contributed by atoms with Crippen molar-refractivity contribution in [2.45, 2.75) is 24.7 Å². The summed E-state index contributed by atoms with van der Waals surface area (Å²) in [5.41, 5.74) is 6.47. The first kappa shape index (κ1) is 19.2. The lowest BCUT2D eigenvalue weighted by Gasteiger charge is -2.41. The van der Waals surface area contributed by atoms with Gasteiger partial charge in [0, 0.05) is 29.3 Å². The molecule has 3 aromatic rings. The third-order valence-corrected chi connectivity index (χ3v) is 5.55. The van der Waals surface area contributed by atoms with Crippen molar-refractivity contribution in [3.8, 4) is 11.3 Å². The highest BCUT2D eigenvalue weighted by Crippen LogP contribution is 2.45.